The third-order valence-corrected chi connectivity index (χ3v) is 2.75. The Balaban J connectivity index is 1.88. The summed E-state index contributed by atoms with van der Waals surface area (Å²) in [7, 11) is 1.27. The summed E-state index contributed by atoms with van der Waals surface area (Å²) in [6, 6.07) is 1.59. The molecule has 1 aliphatic rings. The molecule has 1 saturated carbocycles. The van der Waals surface area contributed by atoms with Crippen LogP contribution in [-0.2, 0) is 9.53 Å². The van der Waals surface area contributed by atoms with Crippen LogP contribution in [0.15, 0.2) is 10.6 Å². The fourth-order valence-electron chi connectivity index (χ4n) is 1.50. The number of carboxylic acid groups (broad SMARTS) is 1. The fraction of sp³-hybridized carbons (Fsp3) is 0.545. The van der Waals surface area contributed by atoms with Crippen LogP contribution in [0.2, 0.25) is 0 Å². The smallest absolute Gasteiger partial charge is 0.334 e. The summed E-state index contributed by atoms with van der Waals surface area (Å²) in [4.78, 5) is 22.3. The number of aliphatic carboxylic acids is 1. The molecule has 7 heteroatoms. The highest BCUT2D eigenvalue weighted by Gasteiger charge is 2.29. The molecule has 1 heterocycles. The first-order chi connectivity index (χ1) is 8.61. The van der Waals surface area contributed by atoms with E-state index in [1.807, 2.05) is 0 Å². The Bertz CT molecular complexity index is 452. The normalized spacial score (nSPS) is 16.3. The molecule has 1 atom stereocenters. The maximum Gasteiger partial charge on any atom is 0.334 e. The van der Waals surface area contributed by atoms with Crippen molar-refractivity contribution in [3.8, 4) is 0 Å². The number of hydrogen-bond donors (Lipinski definition) is 2. The molecule has 1 unspecified atom stereocenters. The predicted molar refractivity (Wildman–Crippen MR) is 59.2 cm³/mol. The molecule has 0 bridgehead atoms. The van der Waals surface area contributed by atoms with Crippen molar-refractivity contribution in [2.45, 2.75) is 24.9 Å². The second-order valence-electron chi connectivity index (χ2n) is 4.16. The monoisotopic (exact) mass is 254 g/mol. The Morgan fingerprint density at radius 2 is 2.39 bits per heavy atom. The van der Waals surface area contributed by atoms with Gasteiger partial charge in [-0.05, 0) is 12.8 Å². The fourth-order valence-corrected chi connectivity index (χ4v) is 1.50. The van der Waals surface area contributed by atoms with Gasteiger partial charge in [0.05, 0.1) is 6.54 Å². The number of carbonyl (C=O) groups is 2. The van der Waals surface area contributed by atoms with Gasteiger partial charge in [-0.1, -0.05) is 5.16 Å². The number of carboxylic acids is 1. The third kappa shape index (κ3) is 2.86. The van der Waals surface area contributed by atoms with E-state index in [4.69, 9.17) is 14.4 Å². The third-order valence-electron chi connectivity index (χ3n) is 2.75. The van der Waals surface area contributed by atoms with Crippen LogP contribution >= 0.6 is 0 Å². The molecule has 2 N–H and O–H groups in total. The molecular formula is C11H14N2O5. The predicted octanol–water partition coefficient (Wildman–Crippen LogP) is 0.381. The van der Waals surface area contributed by atoms with E-state index >= 15 is 0 Å². The van der Waals surface area contributed by atoms with E-state index in [1.54, 1.807) is 6.07 Å². The minimum absolute atomic E-state index is 0.115. The van der Waals surface area contributed by atoms with E-state index in [0.717, 1.165) is 12.8 Å². The molecule has 18 heavy (non-hydrogen) atoms. The number of carbonyl (C=O) groups excluding carboxylic acids is 1. The molecule has 1 fully saturated rings. The van der Waals surface area contributed by atoms with Crippen molar-refractivity contribution >= 4 is 11.9 Å². The Morgan fingerprint density at radius 1 is 1.67 bits per heavy atom. The SMILES string of the molecule is COC(CNC(=O)c1cc(C2CC2)on1)C(=O)O. The van der Waals surface area contributed by atoms with Crippen LogP contribution in [0.25, 0.3) is 0 Å². The van der Waals surface area contributed by atoms with Crippen molar-refractivity contribution in [1.82, 2.24) is 10.5 Å². The number of methoxy groups -OCH3 is 1. The molecule has 1 aliphatic carbocycles. The van der Waals surface area contributed by atoms with Gasteiger partial charge in [0, 0.05) is 19.1 Å². The lowest BCUT2D eigenvalue weighted by Gasteiger charge is -2.10. The second kappa shape index (κ2) is 5.18. The van der Waals surface area contributed by atoms with Gasteiger partial charge in [-0.3, -0.25) is 4.79 Å². The molecule has 1 aromatic rings. The number of rotatable bonds is 6. The highest BCUT2D eigenvalue weighted by Crippen LogP contribution is 2.40. The zero-order chi connectivity index (χ0) is 13.1. The van der Waals surface area contributed by atoms with Gasteiger partial charge in [0.15, 0.2) is 11.8 Å². The standard InChI is InChI=1S/C11H14N2O5/c1-17-9(11(15)16)5-12-10(14)7-4-8(18-13-7)6-2-3-6/h4,6,9H,2-3,5H2,1H3,(H,12,14)(H,15,16). The van der Waals surface area contributed by atoms with Gasteiger partial charge in [0.1, 0.15) is 5.76 Å². The summed E-state index contributed by atoms with van der Waals surface area (Å²) in [6.45, 7) is -0.115. The first kappa shape index (κ1) is 12.6. The van der Waals surface area contributed by atoms with E-state index in [1.165, 1.54) is 7.11 Å². The van der Waals surface area contributed by atoms with Crippen LogP contribution in [0.1, 0.15) is 35.0 Å². The maximum absolute atomic E-state index is 11.7. The van der Waals surface area contributed by atoms with Gasteiger partial charge in [0.2, 0.25) is 0 Å². The van der Waals surface area contributed by atoms with Crippen molar-refractivity contribution in [1.29, 1.82) is 0 Å². The summed E-state index contributed by atoms with van der Waals surface area (Å²) in [5.41, 5.74) is 0.164. The number of nitrogens with zero attached hydrogens (tertiary/aromatic N) is 1. The van der Waals surface area contributed by atoms with E-state index in [2.05, 4.69) is 10.5 Å². The van der Waals surface area contributed by atoms with Crippen LogP contribution < -0.4 is 5.32 Å². The Labute approximate surface area is 103 Å². The molecule has 1 aromatic heterocycles. The van der Waals surface area contributed by atoms with Gasteiger partial charge < -0.3 is 19.7 Å². The molecule has 0 aromatic carbocycles. The second-order valence-corrected chi connectivity index (χ2v) is 4.16. The molecular weight excluding hydrogens is 240 g/mol. The first-order valence-electron chi connectivity index (χ1n) is 5.62. The Kier molecular flexibility index (Phi) is 3.61. The van der Waals surface area contributed by atoms with Gasteiger partial charge in [0.25, 0.3) is 5.91 Å². The van der Waals surface area contributed by atoms with Crippen LogP contribution in [0, 0.1) is 0 Å². The summed E-state index contributed by atoms with van der Waals surface area (Å²) in [5.74, 6) is -0.503. The van der Waals surface area contributed by atoms with Crippen molar-refractivity contribution in [2.24, 2.45) is 0 Å². The largest absolute Gasteiger partial charge is 0.479 e. The number of nitrogens with one attached hydrogen (secondary N) is 1. The van der Waals surface area contributed by atoms with Crippen LogP contribution in [0.4, 0.5) is 0 Å². The summed E-state index contributed by atoms with van der Waals surface area (Å²) < 4.78 is 9.73. The zero-order valence-electron chi connectivity index (χ0n) is 9.88. The molecule has 0 aliphatic heterocycles. The topological polar surface area (TPSA) is 102 Å². The number of amides is 1. The zero-order valence-corrected chi connectivity index (χ0v) is 9.88. The quantitative estimate of drug-likeness (QED) is 0.761. The lowest BCUT2D eigenvalue weighted by molar-refractivity contribution is -0.148. The van der Waals surface area contributed by atoms with Gasteiger partial charge in [-0.2, -0.15) is 0 Å². The molecule has 2 rings (SSSR count). The number of aromatic nitrogens is 1. The van der Waals surface area contributed by atoms with E-state index < -0.39 is 18.0 Å². The summed E-state index contributed by atoms with van der Waals surface area (Å²) >= 11 is 0. The van der Waals surface area contributed by atoms with Crippen molar-refractivity contribution in [3.05, 3.63) is 17.5 Å². The molecule has 0 saturated heterocycles. The van der Waals surface area contributed by atoms with E-state index in [0.29, 0.717) is 11.7 Å². The van der Waals surface area contributed by atoms with Crippen LogP contribution in [0.3, 0.4) is 0 Å². The van der Waals surface area contributed by atoms with E-state index in [9.17, 15) is 9.59 Å². The van der Waals surface area contributed by atoms with Crippen molar-refractivity contribution in [3.63, 3.8) is 0 Å². The average molecular weight is 254 g/mol. The number of ether oxygens (including phenoxy) is 1. The maximum atomic E-state index is 11.7. The summed E-state index contributed by atoms with van der Waals surface area (Å²) in [5, 5.41) is 14.8. The van der Waals surface area contributed by atoms with E-state index in [-0.39, 0.29) is 12.2 Å². The highest BCUT2D eigenvalue weighted by atomic mass is 16.5. The Morgan fingerprint density at radius 3 is 2.94 bits per heavy atom. The van der Waals surface area contributed by atoms with Gasteiger partial charge in [-0.15, -0.1) is 0 Å². The molecule has 7 nitrogen and oxygen atoms in total. The van der Waals surface area contributed by atoms with Crippen LogP contribution in [-0.4, -0.2) is 41.9 Å². The molecule has 98 valence electrons. The first-order valence-corrected chi connectivity index (χ1v) is 5.62. The minimum Gasteiger partial charge on any atom is -0.479 e. The molecule has 1 amide bonds. The van der Waals surface area contributed by atoms with Gasteiger partial charge in [-0.25, -0.2) is 4.79 Å². The highest BCUT2D eigenvalue weighted by molar-refractivity contribution is 5.92. The Hall–Kier alpha value is -1.89. The number of hydrogen-bond acceptors (Lipinski definition) is 5. The van der Waals surface area contributed by atoms with Crippen molar-refractivity contribution < 1.29 is 24.0 Å². The van der Waals surface area contributed by atoms with Crippen LogP contribution in [0.5, 0.6) is 0 Å². The molecule has 0 radical (unpaired) electrons. The van der Waals surface area contributed by atoms with Crippen molar-refractivity contribution in [2.75, 3.05) is 13.7 Å². The average Bonchev–Trinajstić information content (AvgIpc) is 3.07. The lowest BCUT2D eigenvalue weighted by atomic mass is 10.2. The minimum atomic E-state index is -1.13. The van der Waals surface area contributed by atoms with Gasteiger partial charge >= 0.3 is 5.97 Å². The molecule has 0 spiro atoms. The summed E-state index contributed by atoms with van der Waals surface area (Å²) in [6.07, 6.45) is 1.05. The lowest BCUT2D eigenvalue weighted by Crippen LogP contribution is -2.37.